The van der Waals surface area contributed by atoms with Crippen molar-refractivity contribution in [2.75, 3.05) is 69.8 Å². The number of nitro groups is 1. The third kappa shape index (κ3) is 5.38. The van der Waals surface area contributed by atoms with E-state index < -0.39 is 38.5 Å². The summed E-state index contributed by atoms with van der Waals surface area (Å²) in [6.07, 6.45) is 1.19. The molecule has 2 fully saturated rings. The second-order valence-corrected chi connectivity index (χ2v) is 14.6. The van der Waals surface area contributed by atoms with Gasteiger partial charge < -0.3 is 40.0 Å². The van der Waals surface area contributed by atoms with E-state index in [2.05, 4.69) is 32.1 Å². The lowest BCUT2D eigenvalue weighted by molar-refractivity contribution is -0.384. The molecule has 0 aliphatic carbocycles. The van der Waals surface area contributed by atoms with Gasteiger partial charge in [0.2, 0.25) is 15.7 Å². The van der Waals surface area contributed by atoms with E-state index in [4.69, 9.17) is 19.9 Å². The Kier molecular flexibility index (Phi) is 7.58. The number of pyridine rings is 1. The van der Waals surface area contributed by atoms with Crippen LogP contribution in [-0.4, -0.2) is 117 Å². The molecule has 4 N–H and O–H groups in total. The van der Waals surface area contributed by atoms with Crippen LogP contribution in [0, 0.1) is 10.1 Å². The van der Waals surface area contributed by atoms with Gasteiger partial charge in [-0.15, -0.1) is 0 Å². The van der Waals surface area contributed by atoms with Crippen molar-refractivity contribution >= 4 is 49.5 Å². The van der Waals surface area contributed by atoms with E-state index in [0.717, 1.165) is 37.6 Å². The number of H-pyrrole nitrogens is 1. The van der Waals surface area contributed by atoms with Crippen LogP contribution in [0.3, 0.4) is 0 Å². The molecule has 6 heterocycles. The van der Waals surface area contributed by atoms with Crippen LogP contribution >= 0.6 is 0 Å². The standard InChI is InChI=1S/C32H34N8O8S/c1-37-7-9-38(10-8-37)14-19-15-47-25-13-20(12-22(40(42)43)28(25)35-19)49(44,45)27-4-2-3-21(30(33)41)29(27)39-23-11-18-5-6-34-31(18)36-32(23)48-26-17-46-16-24(26)39/h2-6,11-13,19,24,26,35H,7-10,14-17H2,1H3,(H2,33,41)(H,34,36)/t19-,24-,26-/m0/s1. The summed E-state index contributed by atoms with van der Waals surface area (Å²) in [5.41, 5.74) is 6.48. The Morgan fingerprint density at radius 1 is 1.12 bits per heavy atom. The Labute approximate surface area is 280 Å². The molecule has 4 aliphatic heterocycles. The quantitative estimate of drug-likeness (QED) is 0.188. The van der Waals surface area contributed by atoms with Crippen LogP contribution in [0.5, 0.6) is 11.6 Å². The summed E-state index contributed by atoms with van der Waals surface area (Å²) in [7, 11) is -2.49. The van der Waals surface area contributed by atoms with Gasteiger partial charge in [0.15, 0.2) is 11.4 Å². The molecule has 17 heteroatoms. The Morgan fingerprint density at radius 2 is 1.94 bits per heavy atom. The van der Waals surface area contributed by atoms with Crippen molar-refractivity contribution < 1.29 is 32.3 Å². The van der Waals surface area contributed by atoms with Crippen LogP contribution in [0.15, 0.2) is 58.5 Å². The number of carbonyl (C=O) groups is 1. The number of benzene rings is 2. The zero-order valence-electron chi connectivity index (χ0n) is 26.5. The number of para-hydroxylation sites is 1. The molecule has 2 aromatic heterocycles. The maximum absolute atomic E-state index is 14.7. The first-order valence-electron chi connectivity index (χ1n) is 15.9. The van der Waals surface area contributed by atoms with Crippen molar-refractivity contribution in [3.63, 3.8) is 0 Å². The molecule has 3 atom stereocenters. The Hall–Kier alpha value is -4.97. The van der Waals surface area contributed by atoms with E-state index in [9.17, 15) is 23.3 Å². The lowest BCUT2D eigenvalue weighted by atomic mass is 10.0. The van der Waals surface area contributed by atoms with Crippen LogP contribution in [0.25, 0.3) is 11.0 Å². The number of hydrogen-bond donors (Lipinski definition) is 3. The molecule has 0 radical (unpaired) electrons. The Balaban J connectivity index is 1.23. The van der Waals surface area contributed by atoms with Crippen molar-refractivity contribution in [1.82, 2.24) is 19.8 Å². The monoisotopic (exact) mass is 690 g/mol. The summed E-state index contributed by atoms with van der Waals surface area (Å²) in [4.78, 5) is 38.0. The van der Waals surface area contributed by atoms with Gasteiger partial charge >= 0.3 is 0 Å². The van der Waals surface area contributed by atoms with Gasteiger partial charge in [-0.25, -0.2) is 8.42 Å². The molecule has 0 spiro atoms. The molecule has 49 heavy (non-hydrogen) atoms. The maximum atomic E-state index is 14.7. The minimum atomic E-state index is -4.55. The summed E-state index contributed by atoms with van der Waals surface area (Å²) < 4.78 is 47.3. The normalized spacial score (nSPS) is 22.4. The van der Waals surface area contributed by atoms with Gasteiger partial charge in [-0.05, 0) is 31.3 Å². The predicted molar refractivity (Wildman–Crippen MR) is 178 cm³/mol. The smallest absolute Gasteiger partial charge is 0.297 e. The number of aromatic nitrogens is 2. The van der Waals surface area contributed by atoms with E-state index in [-0.39, 0.29) is 64.2 Å². The fourth-order valence-corrected chi connectivity index (χ4v) is 8.53. The molecule has 4 aromatic rings. The molecule has 0 unspecified atom stereocenters. The highest BCUT2D eigenvalue weighted by molar-refractivity contribution is 7.91. The number of amides is 1. The van der Waals surface area contributed by atoms with Crippen molar-refractivity contribution in [3.05, 3.63) is 64.3 Å². The van der Waals surface area contributed by atoms with Crippen molar-refractivity contribution in [1.29, 1.82) is 0 Å². The van der Waals surface area contributed by atoms with Crippen LogP contribution < -0.4 is 25.4 Å². The van der Waals surface area contributed by atoms with E-state index in [1.807, 2.05) is 6.07 Å². The summed E-state index contributed by atoms with van der Waals surface area (Å²) in [6, 6.07) is 9.37. The van der Waals surface area contributed by atoms with Gasteiger partial charge in [0, 0.05) is 56.4 Å². The molecule has 0 saturated carbocycles. The topological polar surface area (TPSA) is 198 Å². The summed E-state index contributed by atoms with van der Waals surface area (Å²) in [5, 5.41) is 16.4. The highest BCUT2D eigenvalue weighted by atomic mass is 32.2. The zero-order chi connectivity index (χ0) is 34.0. The number of nitro benzene ring substituents is 1. The summed E-state index contributed by atoms with van der Waals surface area (Å²) in [6.45, 7) is 4.75. The van der Waals surface area contributed by atoms with E-state index in [1.165, 1.54) is 24.3 Å². The molecular weight excluding hydrogens is 656 g/mol. The molecule has 1 amide bonds. The second-order valence-electron chi connectivity index (χ2n) is 12.7. The van der Waals surface area contributed by atoms with Gasteiger partial charge in [-0.1, -0.05) is 6.07 Å². The van der Waals surface area contributed by atoms with Crippen LogP contribution in [-0.2, 0) is 14.6 Å². The van der Waals surface area contributed by atoms with Crippen molar-refractivity contribution in [2.45, 2.75) is 28.0 Å². The highest BCUT2D eigenvalue weighted by Crippen LogP contribution is 2.48. The lowest BCUT2D eigenvalue weighted by Crippen LogP contribution is -2.50. The maximum Gasteiger partial charge on any atom is 0.297 e. The first-order chi connectivity index (χ1) is 23.6. The summed E-state index contributed by atoms with van der Waals surface area (Å²) >= 11 is 0. The summed E-state index contributed by atoms with van der Waals surface area (Å²) in [5.74, 6) is -0.587. The average Bonchev–Trinajstić information content (AvgIpc) is 3.75. The Morgan fingerprint density at radius 3 is 2.71 bits per heavy atom. The number of anilines is 3. The second kappa shape index (κ2) is 11.9. The number of hydrogen-bond acceptors (Lipinski definition) is 13. The number of nitrogens with one attached hydrogen (secondary N) is 2. The van der Waals surface area contributed by atoms with Gasteiger partial charge in [-0.2, -0.15) is 4.98 Å². The number of nitrogens with two attached hydrogens (primary N) is 1. The highest BCUT2D eigenvalue weighted by Gasteiger charge is 2.45. The third-order valence-corrected chi connectivity index (χ3v) is 11.3. The first-order valence-corrected chi connectivity index (χ1v) is 17.4. The predicted octanol–water partition coefficient (Wildman–Crippen LogP) is 2.12. The zero-order valence-corrected chi connectivity index (χ0v) is 27.3. The number of ether oxygens (including phenoxy) is 3. The SMILES string of the molecule is CN1CCN(C[C@H]2COc3cc(S(=O)(=O)c4cccc(C(N)=O)c4N4c5cc6cc[nH]c6nc5O[C@H]5COC[C@@H]54)cc([N+](=O)[O-])c3N2)CC1. The molecule has 4 aliphatic rings. The largest absolute Gasteiger partial charge is 0.489 e. The number of carbonyl (C=O) groups excluding carboxylic acids is 1. The fourth-order valence-electron chi connectivity index (χ4n) is 7.02. The minimum Gasteiger partial charge on any atom is -0.489 e. The Bertz CT molecular complexity index is 2100. The molecular formula is C32H34N8O8S. The first kappa shape index (κ1) is 31.3. The van der Waals surface area contributed by atoms with Crippen LogP contribution in [0.4, 0.5) is 22.7 Å². The van der Waals surface area contributed by atoms with Gasteiger partial charge in [0.05, 0.1) is 51.3 Å². The number of nitrogens with zero attached hydrogens (tertiary/aromatic N) is 5. The molecule has 256 valence electrons. The average molecular weight is 691 g/mol. The van der Waals surface area contributed by atoms with E-state index >= 15 is 0 Å². The number of rotatable bonds is 7. The third-order valence-electron chi connectivity index (χ3n) is 9.55. The van der Waals surface area contributed by atoms with Gasteiger partial charge in [0.25, 0.3) is 11.6 Å². The fraction of sp³-hybridized carbons (Fsp3) is 0.375. The number of primary amides is 1. The molecule has 2 saturated heterocycles. The van der Waals surface area contributed by atoms with Gasteiger partial charge in [-0.3, -0.25) is 19.8 Å². The lowest BCUT2D eigenvalue weighted by Gasteiger charge is -2.40. The number of piperazine rings is 1. The molecule has 16 nitrogen and oxygen atoms in total. The van der Waals surface area contributed by atoms with Crippen molar-refractivity contribution in [3.8, 4) is 11.6 Å². The van der Waals surface area contributed by atoms with Gasteiger partial charge in [0.1, 0.15) is 24.0 Å². The number of sulfone groups is 1. The minimum absolute atomic E-state index is 0.00314. The van der Waals surface area contributed by atoms with Crippen molar-refractivity contribution in [2.24, 2.45) is 5.73 Å². The number of aromatic amines is 1. The van der Waals surface area contributed by atoms with E-state index in [1.54, 1.807) is 17.2 Å². The number of fused-ring (bicyclic) bond motifs is 4. The molecule has 0 bridgehead atoms. The van der Waals surface area contributed by atoms with E-state index in [0.29, 0.717) is 17.9 Å². The van der Waals surface area contributed by atoms with Crippen LogP contribution in [0.1, 0.15) is 10.4 Å². The molecule has 2 aromatic carbocycles. The van der Waals surface area contributed by atoms with Crippen LogP contribution in [0.2, 0.25) is 0 Å². The molecule has 8 rings (SSSR count). The number of likely N-dealkylation sites (N-methyl/N-ethyl adjacent to an activating group) is 1.